The van der Waals surface area contributed by atoms with Crippen molar-refractivity contribution in [3.63, 3.8) is 0 Å². The maximum atomic E-state index is 12.4. The van der Waals surface area contributed by atoms with Crippen molar-refractivity contribution in [2.24, 2.45) is 5.92 Å². The zero-order chi connectivity index (χ0) is 15.3. The maximum Gasteiger partial charge on any atom is 0.274 e. The van der Waals surface area contributed by atoms with E-state index in [4.69, 9.17) is 4.42 Å². The van der Waals surface area contributed by atoms with E-state index in [1.54, 1.807) is 11.9 Å². The molecule has 2 fully saturated rings. The Bertz CT molecular complexity index is 698. The second-order valence-corrected chi connectivity index (χ2v) is 6.77. The van der Waals surface area contributed by atoms with E-state index in [2.05, 4.69) is 17.1 Å². The van der Waals surface area contributed by atoms with E-state index >= 15 is 0 Å². The third-order valence-electron chi connectivity index (χ3n) is 4.73. The van der Waals surface area contributed by atoms with Gasteiger partial charge in [-0.15, -0.1) is 0 Å². The Morgan fingerprint density at radius 1 is 1.45 bits per heavy atom. The molecule has 5 nitrogen and oxygen atoms in total. The maximum absolute atomic E-state index is 12.4. The molecule has 2 saturated carbocycles. The molecule has 0 bridgehead atoms. The molecule has 2 aliphatic carbocycles. The summed E-state index contributed by atoms with van der Waals surface area (Å²) in [5.74, 6) is 3.70. The molecule has 0 spiro atoms. The average molecular weight is 299 g/mol. The van der Waals surface area contributed by atoms with Crippen molar-refractivity contribution in [3.8, 4) is 0 Å². The Morgan fingerprint density at radius 3 is 2.91 bits per heavy atom. The van der Waals surface area contributed by atoms with Gasteiger partial charge < -0.3 is 9.32 Å². The van der Waals surface area contributed by atoms with Crippen LogP contribution in [0.2, 0.25) is 0 Å². The van der Waals surface area contributed by atoms with Crippen LogP contribution in [0.25, 0.3) is 0 Å². The van der Waals surface area contributed by atoms with Gasteiger partial charge in [0.25, 0.3) is 5.91 Å². The summed E-state index contributed by atoms with van der Waals surface area (Å²) >= 11 is 0. The summed E-state index contributed by atoms with van der Waals surface area (Å²) in [7, 11) is 1.79. The van der Waals surface area contributed by atoms with Gasteiger partial charge in [0.15, 0.2) is 0 Å². The first-order valence-corrected chi connectivity index (χ1v) is 8.01. The van der Waals surface area contributed by atoms with Gasteiger partial charge in [0.05, 0.1) is 6.54 Å². The van der Waals surface area contributed by atoms with Crippen molar-refractivity contribution in [2.75, 3.05) is 7.05 Å². The van der Waals surface area contributed by atoms with Gasteiger partial charge in [-0.05, 0) is 43.4 Å². The number of hydrogen-bond acceptors (Lipinski definition) is 3. The van der Waals surface area contributed by atoms with Crippen LogP contribution in [0.4, 0.5) is 0 Å². The van der Waals surface area contributed by atoms with Crippen LogP contribution in [-0.4, -0.2) is 28.1 Å². The normalized spacial score (nSPS) is 23.5. The highest BCUT2D eigenvalue weighted by Crippen LogP contribution is 2.47. The highest BCUT2D eigenvalue weighted by Gasteiger charge is 2.36. The van der Waals surface area contributed by atoms with Crippen LogP contribution in [-0.2, 0) is 6.54 Å². The highest BCUT2D eigenvalue weighted by molar-refractivity contribution is 5.92. The first kappa shape index (κ1) is 13.6. The van der Waals surface area contributed by atoms with E-state index in [0.717, 1.165) is 23.1 Å². The van der Waals surface area contributed by atoms with Gasteiger partial charge in [-0.2, -0.15) is 5.10 Å². The predicted octanol–water partition coefficient (Wildman–Crippen LogP) is 3.28. The molecule has 0 saturated heterocycles. The van der Waals surface area contributed by atoms with Gasteiger partial charge in [0.2, 0.25) is 0 Å². The number of amides is 1. The van der Waals surface area contributed by atoms with Gasteiger partial charge in [-0.25, -0.2) is 0 Å². The van der Waals surface area contributed by atoms with Crippen molar-refractivity contribution in [2.45, 2.75) is 44.6 Å². The standard InChI is InChI=1S/C17H21N3O2/c1-10-7-13(10)16-6-5-12(22-16)9-20(2)17(21)15-8-14(18-19-15)11-3-4-11/h5-6,8,10-11,13H,3-4,7,9H2,1-2H3,(H,18,19)/t10-,13+/m0/s1. The monoisotopic (exact) mass is 299 g/mol. The number of H-pyrrole nitrogens is 1. The summed E-state index contributed by atoms with van der Waals surface area (Å²) in [6.45, 7) is 2.71. The van der Waals surface area contributed by atoms with Crippen molar-refractivity contribution < 1.29 is 9.21 Å². The Hall–Kier alpha value is -2.04. The SMILES string of the molecule is C[C@H]1C[C@H]1c1ccc(CN(C)C(=O)c2cc(C3CC3)[nH]n2)o1. The quantitative estimate of drug-likeness (QED) is 0.921. The van der Waals surface area contributed by atoms with E-state index in [9.17, 15) is 4.79 Å². The largest absolute Gasteiger partial charge is 0.464 e. The molecule has 116 valence electrons. The summed E-state index contributed by atoms with van der Waals surface area (Å²) < 4.78 is 5.87. The van der Waals surface area contributed by atoms with Gasteiger partial charge in [-0.1, -0.05) is 6.92 Å². The average Bonchev–Trinajstić information content (AvgIpc) is 3.38. The summed E-state index contributed by atoms with van der Waals surface area (Å²) in [4.78, 5) is 14.1. The summed E-state index contributed by atoms with van der Waals surface area (Å²) in [6.07, 6.45) is 3.60. The number of nitrogens with zero attached hydrogens (tertiary/aromatic N) is 2. The topological polar surface area (TPSA) is 62.1 Å². The van der Waals surface area contributed by atoms with Crippen LogP contribution in [0.1, 0.15) is 65.7 Å². The molecule has 2 atom stereocenters. The number of aromatic amines is 1. The number of carbonyl (C=O) groups excluding carboxylic acids is 1. The molecule has 0 radical (unpaired) electrons. The molecule has 2 aliphatic rings. The fourth-order valence-corrected chi connectivity index (χ4v) is 2.95. The fraction of sp³-hybridized carbons (Fsp3) is 0.529. The van der Waals surface area contributed by atoms with Crippen LogP contribution >= 0.6 is 0 Å². The summed E-state index contributed by atoms with van der Waals surface area (Å²) in [5.41, 5.74) is 1.58. The Labute approximate surface area is 129 Å². The number of aromatic nitrogens is 2. The molecule has 1 N–H and O–H groups in total. The minimum absolute atomic E-state index is 0.0686. The zero-order valence-corrected chi connectivity index (χ0v) is 13.0. The molecular weight excluding hydrogens is 278 g/mol. The van der Waals surface area contributed by atoms with Crippen molar-refractivity contribution in [3.05, 3.63) is 41.1 Å². The zero-order valence-electron chi connectivity index (χ0n) is 13.0. The lowest BCUT2D eigenvalue weighted by Crippen LogP contribution is -2.26. The third-order valence-corrected chi connectivity index (χ3v) is 4.73. The second kappa shape index (κ2) is 5.00. The van der Waals surface area contributed by atoms with E-state index in [0.29, 0.717) is 24.1 Å². The van der Waals surface area contributed by atoms with Crippen LogP contribution in [0.15, 0.2) is 22.6 Å². The molecule has 0 aromatic carbocycles. The molecule has 2 heterocycles. The molecule has 0 aliphatic heterocycles. The fourth-order valence-electron chi connectivity index (χ4n) is 2.95. The third kappa shape index (κ3) is 2.56. The first-order valence-electron chi connectivity index (χ1n) is 8.01. The predicted molar refractivity (Wildman–Crippen MR) is 81.6 cm³/mol. The van der Waals surface area contributed by atoms with Crippen LogP contribution in [0, 0.1) is 5.92 Å². The van der Waals surface area contributed by atoms with Gasteiger partial charge in [-0.3, -0.25) is 9.89 Å². The number of rotatable bonds is 5. The van der Waals surface area contributed by atoms with Gasteiger partial charge in [0.1, 0.15) is 17.2 Å². The molecule has 2 aromatic heterocycles. The number of nitrogens with one attached hydrogen (secondary N) is 1. The summed E-state index contributed by atoms with van der Waals surface area (Å²) in [6, 6.07) is 5.90. The van der Waals surface area contributed by atoms with Crippen molar-refractivity contribution >= 4 is 5.91 Å². The molecule has 22 heavy (non-hydrogen) atoms. The highest BCUT2D eigenvalue weighted by atomic mass is 16.3. The lowest BCUT2D eigenvalue weighted by atomic mass is 10.2. The number of hydrogen-bond donors (Lipinski definition) is 1. The number of furan rings is 1. The smallest absolute Gasteiger partial charge is 0.274 e. The second-order valence-electron chi connectivity index (χ2n) is 6.77. The van der Waals surface area contributed by atoms with E-state index in [1.165, 1.54) is 19.3 Å². The minimum Gasteiger partial charge on any atom is -0.464 e. The van der Waals surface area contributed by atoms with E-state index in [-0.39, 0.29) is 5.91 Å². The van der Waals surface area contributed by atoms with Crippen molar-refractivity contribution in [1.82, 2.24) is 15.1 Å². The Morgan fingerprint density at radius 2 is 2.23 bits per heavy atom. The van der Waals surface area contributed by atoms with E-state index in [1.807, 2.05) is 18.2 Å². The minimum atomic E-state index is -0.0686. The van der Waals surface area contributed by atoms with Gasteiger partial charge in [0, 0.05) is 24.6 Å². The van der Waals surface area contributed by atoms with Crippen molar-refractivity contribution in [1.29, 1.82) is 0 Å². The molecule has 4 rings (SSSR count). The number of carbonyl (C=O) groups is 1. The summed E-state index contributed by atoms with van der Waals surface area (Å²) in [5, 5.41) is 7.13. The van der Waals surface area contributed by atoms with Gasteiger partial charge >= 0.3 is 0 Å². The molecule has 2 aromatic rings. The lowest BCUT2D eigenvalue weighted by molar-refractivity contribution is 0.0769. The first-order chi connectivity index (χ1) is 10.6. The molecular formula is C17H21N3O2. The van der Waals surface area contributed by atoms with Crippen LogP contribution in [0.5, 0.6) is 0 Å². The van der Waals surface area contributed by atoms with Crippen LogP contribution in [0.3, 0.4) is 0 Å². The van der Waals surface area contributed by atoms with Crippen LogP contribution < -0.4 is 0 Å². The molecule has 0 unspecified atom stereocenters. The molecule has 1 amide bonds. The van der Waals surface area contributed by atoms with E-state index < -0.39 is 0 Å². The Balaban J connectivity index is 1.40. The molecule has 5 heteroatoms. The Kier molecular flexibility index (Phi) is 3.10. The lowest BCUT2D eigenvalue weighted by Gasteiger charge is -2.13.